The molecule has 0 radical (unpaired) electrons. The van der Waals surface area contributed by atoms with E-state index in [0.717, 1.165) is 26.1 Å². The fourth-order valence-corrected chi connectivity index (χ4v) is 2.07. The van der Waals surface area contributed by atoms with Gasteiger partial charge in [0.25, 0.3) is 0 Å². The summed E-state index contributed by atoms with van der Waals surface area (Å²) in [6.07, 6.45) is 1.15. The Labute approximate surface area is 96.0 Å². The van der Waals surface area contributed by atoms with Crippen molar-refractivity contribution in [2.45, 2.75) is 19.3 Å². The Morgan fingerprint density at radius 2 is 2.12 bits per heavy atom. The lowest BCUT2D eigenvalue weighted by Gasteiger charge is -2.20. The summed E-state index contributed by atoms with van der Waals surface area (Å²) in [6.45, 7) is 2.85. The van der Waals surface area contributed by atoms with Gasteiger partial charge < -0.3 is 14.9 Å². The van der Waals surface area contributed by atoms with Crippen molar-refractivity contribution in [2.75, 3.05) is 33.7 Å². The van der Waals surface area contributed by atoms with Gasteiger partial charge in [0.2, 0.25) is 5.91 Å². The summed E-state index contributed by atoms with van der Waals surface area (Å²) in [7, 11) is 3.83. The molecule has 1 unspecified atom stereocenters. The third-order valence-corrected chi connectivity index (χ3v) is 3.00. The van der Waals surface area contributed by atoms with Crippen molar-refractivity contribution in [3.63, 3.8) is 0 Å². The molecule has 1 saturated heterocycles. The lowest BCUT2D eigenvalue weighted by molar-refractivity contribution is -0.140. The summed E-state index contributed by atoms with van der Waals surface area (Å²) in [5, 5.41) is 8.49. The Hall–Kier alpha value is -1.10. The molecule has 1 heterocycles. The van der Waals surface area contributed by atoms with E-state index in [-0.39, 0.29) is 18.7 Å². The maximum atomic E-state index is 11.6. The Balaban J connectivity index is 2.25. The maximum Gasteiger partial charge on any atom is 0.303 e. The quantitative estimate of drug-likeness (QED) is 0.733. The Bertz CT molecular complexity index is 268. The van der Waals surface area contributed by atoms with E-state index in [1.165, 1.54) is 0 Å². The van der Waals surface area contributed by atoms with Gasteiger partial charge in [-0.3, -0.25) is 9.59 Å². The van der Waals surface area contributed by atoms with Crippen LogP contribution in [-0.4, -0.2) is 60.5 Å². The first-order valence-electron chi connectivity index (χ1n) is 5.63. The van der Waals surface area contributed by atoms with Crippen molar-refractivity contribution in [1.82, 2.24) is 9.80 Å². The fraction of sp³-hybridized carbons (Fsp3) is 0.818. The predicted octanol–water partition coefficient (Wildman–Crippen LogP) is 0.261. The molecule has 0 bridgehead atoms. The number of aliphatic carboxylic acids is 1. The first kappa shape index (κ1) is 13.0. The minimum absolute atomic E-state index is 0.0723. The molecule has 1 aliphatic rings. The van der Waals surface area contributed by atoms with E-state index in [1.54, 1.807) is 11.9 Å². The molecule has 0 aromatic heterocycles. The summed E-state index contributed by atoms with van der Waals surface area (Å²) in [4.78, 5) is 25.8. The highest BCUT2D eigenvalue weighted by molar-refractivity contribution is 5.80. The molecule has 1 amide bonds. The second-order valence-corrected chi connectivity index (χ2v) is 4.58. The van der Waals surface area contributed by atoms with Crippen LogP contribution in [0.15, 0.2) is 0 Å². The molecule has 1 aliphatic heterocycles. The Morgan fingerprint density at radius 3 is 2.62 bits per heavy atom. The van der Waals surface area contributed by atoms with Crippen LogP contribution in [-0.2, 0) is 9.59 Å². The van der Waals surface area contributed by atoms with Gasteiger partial charge in [0, 0.05) is 26.6 Å². The van der Waals surface area contributed by atoms with Crippen LogP contribution in [0.2, 0.25) is 0 Å². The largest absolute Gasteiger partial charge is 0.481 e. The number of carboxylic acids is 1. The van der Waals surface area contributed by atoms with Crippen molar-refractivity contribution in [3.8, 4) is 0 Å². The number of carboxylic acid groups (broad SMARTS) is 1. The number of amides is 1. The van der Waals surface area contributed by atoms with Crippen LogP contribution in [0.4, 0.5) is 0 Å². The minimum atomic E-state index is -0.914. The average Bonchev–Trinajstić information content (AvgIpc) is 2.60. The van der Waals surface area contributed by atoms with Gasteiger partial charge in [-0.05, 0) is 25.9 Å². The maximum absolute atomic E-state index is 11.6. The molecule has 0 spiro atoms. The number of nitrogens with zero attached hydrogens (tertiary/aromatic N) is 2. The standard InChI is InChI=1S/C11H20N2O3/c1-12-6-5-9(7-12)8-13(2)10(14)3-4-11(15)16/h9H,3-8H2,1-2H3,(H,15,16). The van der Waals surface area contributed by atoms with Gasteiger partial charge in [0.1, 0.15) is 0 Å². The SMILES string of the molecule is CN1CCC(CN(C)C(=O)CCC(=O)O)C1. The summed E-state index contributed by atoms with van der Waals surface area (Å²) < 4.78 is 0. The van der Waals surface area contributed by atoms with Crippen LogP contribution in [0.25, 0.3) is 0 Å². The van der Waals surface area contributed by atoms with Crippen LogP contribution in [0.1, 0.15) is 19.3 Å². The number of carbonyl (C=O) groups excluding carboxylic acids is 1. The monoisotopic (exact) mass is 228 g/mol. The smallest absolute Gasteiger partial charge is 0.303 e. The number of likely N-dealkylation sites (tertiary alicyclic amines) is 1. The van der Waals surface area contributed by atoms with Crippen LogP contribution in [0.5, 0.6) is 0 Å². The van der Waals surface area contributed by atoms with Crippen molar-refractivity contribution in [3.05, 3.63) is 0 Å². The second-order valence-electron chi connectivity index (χ2n) is 4.58. The van der Waals surface area contributed by atoms with E-state index in [1.807, 2.05) is 0 Å². The highest BCUT2D eigenvalue weighted by atomic mass is 16.4. The Morgan fingerprint density at radius 1 is 1.44 bits per heavy atom. The molecule has 16 heavy (non-hydrogen) atoms. The van der Waals surface area contributed by atoms with Crippen LogP contribution in [0, 0.1) is 5.92 Å². The molecule has 1 atom stereocenters. The second kappa shape index (κ2) is 5.84. The van der Waals surface area contributed by atoms with Gasteiger partial charge in [0.15, 0.2) is 0 Å². The molecule has 0 saturated carbocycles. The fourth-order valence-electron chi connectivity index (χ4n) is 2.07. The molecule has 1 fully saturated rings. The van der Waals surface area contributed by atoms with E-state index in [9.17, 15) is 9.59 Å². The molecule has 5 heteroatoms. The van der Waals surface area contributed by atoms with Crippen molar-refractivity contribution >= 4 is 11.9 Å². The van der Waals surface area contributed by atoms with E-state index in [0.29, 0.717) is 5.92 Å². The van der Waals surface area contributed by atoms with Gasteiger partial charge >= 0.3 is 5.97 Å². The van der Waals surface area contributed by atoms with Gasteiger partial charge in [-0.15, -0.1) is 0 Å². The molecule has 0 aromatic rings. The molecular formula is C11H20N2O3. The molecular weight excluding hydrogens is 208 g/mol. The number of rotatable bonds is 5. The van der Waals surface area contributed by atoms with E-state index >= 15 is 0 Å². The normalized spacial score (nSPS) is 21.0. The zero-order chi connectivity index (χ0) is 12.1. The zero-order valence-electron chi connectivity index (χ0n) is 9.98. The average molecular weight is 228 g/mol. The van der Waals surface area contributed by atoms with Gasteiger partial charge in [0.05, 0.1) is 6.42 Å². The van der Waals surface area contributed by atoms with Gasteiger partial charge in [-0.1, -0.05) is 0 Å². The molecule has 0 aliphatic carbocycles. The summed E-state index contributed by atoms with van der Waals surface area (Å²) in [5.41, 5.74) is 0. The van der Waals surface area contributed by atoms with Crippen molar-refractivity contribution in [1.29, 1.82) is 0 Å². The van der Waals surface area contributed by atoms with Gasteiger partial charge in [-0.2, -0.15) is 0 Å². The first-order chi connectivity index (χ1) is 7.49. The Kier molecular flexibility index (Phi) is 4.73. The van der Waals surface area contributed by atoms with E-state index in [2.05, 4.69) is 11.9 Å². The molecule has 1 rings (SSSR count). The van der Waals surface area contributed by atoms with Crippen molar-refractivity contribution in [2.24, 2.45) is 5.92 Å². The lowest BCUT2D eigenvalue weighted by Crippen LogP contribution is -2.32. The summed E-state index contributed by atoms with van der Waals surface area (Å²) >= 11 is 0. The highest BCUT2D eigenvalue weighted by Gasteiger charge is 2.22. The van der Waals surface area contributed by atoms with Crippen LogP contribution in [0.3, 0.4) is 0 Å². The van der Waals surface area contributed by atoms with E-state index in [4.69, 9.17) is 5.11 Å². The lowest BCUT2D eigenvalue weighted by atomic mass is 10.1. The third-order valence-electron chi connectivity index (χ3n) is 3.00. The predicted molar refractivity (Wildman–Crippen MR) is 60.1 cm³/mol. The molecule has 0 aromatic carbocycles. The number of hydrogen-bond acceptors (Lipinski definition) is 3. The molecule has 1 N–H and O–H groups in total. The number of carbonyl (C=O) groups is 2. The summed E-state index contributed by atoms with van der Waals surface area (Å²) in [6, 6.07) is 0. The van der Waals surface area contributed by atoms with Crippen LogP contribution >= 0.6 is 0 Å². The zero-order valence-corrected chi connectivity index (χ0v) is 9.98. The minimum Gasteiger partial charge on any atom is -0.481 e. The van der Waals surface area contributed by atoms with Crippen molar-refractivity contribution < 1.29 is 14.7 Å². The highest BCUT2D eigenvalue weighted by Crippen LogP contribution is 2.15. The van der Waals surface area contributed by atoms with E-state index < -0.39 is 5.97 Å². The molecule has 92 valence electrons. The third kappa shape index (κ3) is 4.18. The first-order valence-corrected chi connectivity index (χ1v) is 5.63. The topological polar surface area (TPSA) is 60.9 Å². The van der Waals surface area contributed by atoms with Crippen LogP contribution < -0.4 is 0 Å². The number of hydrogen-bond donors (Lipinski definition) is 1. The molecule has 5 nitrogen and oxygen atoms in total. The summed E-state index contributed by atoms with van der Waals surface area (Å²) in [5.74, 6) is -0.455. The van der Waals surface area contributed by atoms with Gasteiger partial charge in [-0.25, -0.2) is 0 Å².